The summed E-state index contributed by atoms with van der Waals surface area (Å²) < 4.78 is 7.21. The minimum atomic E-state index is -0.163. The Labute approximate surface area is 135 Å². The van der Waals surface area contributed by atoms with Crippen molar-refractivity contribution in [2.75, 3.05) is 12.4 Å². The van der Waals surface area contributed by atoms with Crippen molar-refractivity contribution in [2.45, 2.75) is 52.6 Å². The fourth-order valence-corrected chi connectivity index (χ4v) is 3.27. The number of nitrogens with zero attached hydrogens (tertiary/aromatic N) is 1. The predicted octanol–water partition coefficient (Wildman–Crippen LogP) is -0.145. The Bertz CT molecular complexity index is 342. The predicted molar refractivity (Wildman–Crippen MR) is 77.6 cm³/mol. The molecule has 0 saturated carbocycles. The van der Waals surface area contributed by atoms with Crippen LogP contribution in [0.25, 0.3) is 0 Å². The molecule has 112 valence electrons. The molecule has 0 N–H and O–H groups in total. The number of ether oxygens (including phenoxy) is 1. The zero-order valence-electron chi connectivity index (χ0n) is 12.5. The molecule has 5 heteroatoms. The number of carbonyl (C=O) groups excluding carboxylic acids is 1. The normalized spacial score (nSPS) is 24.1. The molecule has 0 saturated heterocycles. The van der Waals surface area contributed by atoms with Crippen molar-refractivity contribution in [1.82, 2.24) is 0 Å². The third-order valence-corrected chi connectivity index (χ3v) is 4.55. The average Bonchev–Trinajstić information content (AvgIpc) is 2.64. The minimum Gasteiger partial charge on any atom is -1.00 e. The summed E-state index contributed by atoms with van der Waals surface area (Å²) in [6, 6.07) is 0.211. The van der Waals surface area contributed by atoms with Gasteiger partial charge < -0.3 is 21.7 Å². The Morgan fingerprint density at radius 1 is 1.58 bits per heavy atom. The van der Waals surface area contributed by atoms with Crippen molar-refractivity contribution in [1.29, 1.82) is 0 Å². The number of rotatable bonds is 5. The first-order chi connectivity index (χ1) is 8.36. The lowest BCUT2D eigenvalue weighted by Gasteiger charge is -2.20. The molecular weight excluding hydrogens is 374 g/mol. The van der Waals surface area contributed by atoms with Gasteiger partial charge in [0.2, 0.25) is 0 Å². The maximum atomic E-state index is 12.1. The Morgan fingerprint density at radius 2 is 2.16 bits per heavy atom. The molecule has 1 aliphatic heterocycles. The second-order valence-corrected chi connectivity index (χ2v) is 6.58. The highest BCUT2D eigenvalue weighted by Crippen LogP contribution is 2.31. The average molecular weight is 399 g/mol. The standard InChI is InChI=1S/C14H25BrNO2.BrH/c1-6-10(2)12(13(17)18-5)16-9-14(3,4)7-11(16)8-15;/h9-12H,6-8H2,1-5H3;1H/q+1;/p-1/t10-,11?,12-;/m0./s1. The molecule has 0 spiro atoms. The second-order valence-electron chi connectivity index (χ2n) is 5.93. The Hall–Kier alpha value is 0.100. The van der Waals surface area contributed by atoms with Gasteiger partial charge in [-0.05, 0) is 6.42 Å². The van der Waals surface area contributed by atoms with E-state index >= 15 is 0 Å². The van der Waals surface area contributed by atoms with Crippen LogP contribution in [-0.2, 0) is 9.53 Å². The van der Waals surface area contributed by atoms with Crippen LogP contribution in [0.3, 0.4) is 0 Å². The molecule has 0 amide bonds. The molecule has 0 bridgehead atoms. The van der Waals surface area contributed by atoms with Gasteiger partial charge in [-0.1, -0.05) is 43.6 Å². The molecule has 1 rings (SSSR count). The lowest BCUT2D eigenvalue weighted by Crippen LogP contribution is -3.00. The summed E-state index contributed by atoms with van der Waals surface area (Å²) in [7, 11) is 1.47. The summed E-state index contributed by atoms with van der Waals surface area (Å²) in [5, 5.41) is 0.886. The highest BCUT2D eigenvalue weighted by atomic mass is 79.9. The largest absolute Gasteiger partial charge is 1.00 e. The van der Waals surface area contributed by atoms with Gasteiger partial charge in [0.1, 0.15) is 6.21 Å². The molecule has 0 aromatic rings. The van der Waals surface area contributed by atoms with Crippen LogP contribution in [0.1, 0.15) is 40.5 Å². The topological polar surface area (TPSA) is 29.3 Å². The fourth-order valence-electron chi connectivity index (χ4n) is 2.71. The smallest absolute Gasteiger partial charge is 0.375 e. The van der Waals surface area contributed by atoms with E-state index in [1.54, 1.807) is 0 Å². The van der Waals surface area contributed by atoms with E-state index < -0.39 is 0 Å². The van der Waals surface area contributed by atoms with E-state index in [1.165, 1.54) is 7.11 Å². The van der Waals surface area contributed by atoms with Crippen molar-refractivity contribution in [3.8, 4) is 0 Å². The van der Waals surface area contributed by atoms with Crippen LogP contribution in [0.2, 0.25) is 0 Å². The molecule has 1 heterocycles. The van der Waals surface area contributed by atoms with Gasteiger partial charge in [-0.3, -0.25) is 0 Å². The first kappa shape index (κ1) is 19.1. The molecule has 1 unspecified atom stereocenters. The summed E-state index contributed by atoms with van der Waals surface area (Å²) >= 11 is 3.56. The highest BCUT2D eigenvalue weighted by Gasteiger charge is 2.46. The summed E-state index contributed by atoms with van der Waals surface area (Å²) in [5.41, 5.74) is 0.151. The van der Waals surface area contributed by atoms with Crippen LogP contribution < -0.4 is 17.0 Å². The summed E-state index contributed by atoms with van der Waals surface area (Å²) in [4.78, 5) is 12.1. The fraction of sp³-hybridized carbons (Fsp3) is 0.857. The van der Waals surface area contributed by atoms with E-state index in [0.29, 0.717) is 12.0 Å². The van der Waals surface area contributed by atoms with Gasteiger partial charge in [-0.25, -0.2) is 9.37 Å². The van der Waals surface area contributed by atoms with Gasteiger partial charge in [-0.15, -0.1) is 0 Å². The molecule has 0 radical (unpaired) electrons. The lowest BCUT2D eigenvalue weighted by molar-refractivity contribution is -0.581. The highest BCUT2D eigenvalue weighted by molar-refractivity contribution is 9.09. The molecule has 3 nitrogen and oxygen atoms in total. The maximum absolute atomic E-state index is 12.1. The molecule has 1 aliphatic rings. The van der Waals surface area contributed by atoms with Crippen molar-refractivity contribution in [3.63, 3.8) is 0 Å². The van der Waals surface area contributed by atoms with Crippen molar-refractivity contribution in [3.05, 3.63) is 0 Å². The SMILES string of the molecule is CC[C@H](C)[C@@H](C(=O)OC)[N+]1=CC(C)(C)CC1CBr.[Br-]. The van der Waals surface area contributed by atoms with Crippen molar-refractivity contribution in [2.24, 2.45) is 11.3 Å². The monoisotopic (exact) mass is 397 g/mol. The van der Waals surface area contributed by atoms with E-state index in [4.69, 9.17) is 4.74 Å². The van der Waals surface area contributed by atoms with Gasteiger partial charge in [-0.2, -0.15) is 0 Å². The van der Waals surface area contributed by atoms with E-state index in [1.807, 2.05) is 0 Å². The van der Waals surface area contributed by atoms with Crippen LogP contribution in [0, 0.1) is 11.3 Å². The van der Waals surface area contributed by atoms with E-state index in [-0.39, 0.29) is 34.4 Å². The second kappa shape index (κ2) is 7.77. The number of esters is 1. The molecule has 3 atom stereocenters. The van der Waals surface area contributed by atoms with Crippen LogP contribution in [-0.4, -0.2) is 41.3 Å². The molecule has 19 heavy (non-hydrogen) atoms. The molecule has 0 aromatic heterocycles. The van der Waals surface area contributed by atoms with E-state index in [0.717, 1.165) is 18.2 Å². The van der Waals surface area contributed by atoms with Crippen LogP contribution in [0.15, 0.2) is 0 Å². The van der Waals surface area contributed by atoms with Crippen LogP contribution in [0.4, 0.5) is 0 Å². The van der Waals surface area contributed by atoms with Crippen molar-refractivity contribution >= 4 is 28.1 Å². The lowest BCUT2D eigenvalue weighted by atomic mass is 9.91. The summed E-state index contributed by atoms with van der Waals surface area (Å²) in [6.07, 6.45) is 4.26. The third kappa shape index (κ3) is 4.55. The zero-order chi connectivity index (χ0) is 13.9. The van der Waals surface area contributed by atoms with Gasteiger partial charge in [0.05, 0.1) is 12.4 Å². The maximum Gasteiger partial charge on any atom is 0.375 e. The van der Waals surface area contributed by atoms with Crippen LogP contribution in [0.5, 0.6) is 0 Å². The molecular formula is C14H25Br2NO2. The quantitative estimate of drug-likeness (QED) is 0.366. The first-order valence-corrected chi connectivity index (χ1v) is 7.75. The van der Waals surface area contributed by atoms with Crippen LogP contribution >= 0.6 is 15.9 Å². The van der Waals surface area contributed by atoms with E-state index in [2.05, 4.69) is 54.4 Å². The number of methoxy groups -OCH3 is 1. The zero-order valence-corrected chi connectivity index (χ0v) is 15.6. The summed E-state index contributed by atoms with van der Waals surface area (Å²) in [6.45, 7) is 8.66. The first-order valence-electron chi connectivity index (χ1n) is 6.63. The molecule has 0 aliphatic carbocycles. The number of carbonyl (C=O) groups is 1. The van der Waals surface area contributed by atoms with E-state index in [9.17, 15) is 4.79 Å². The Kier molecular flexibility index (Phi) is 7.81. The number of alkyl halides is 1. The third-order valence-electron chi connectivity index (χ3n) is 3.81. The number of halogens is 2. The number of hydrogen-bond acceptors (Lipinski definition) is 2. The van der Waals surface area contributed by atoms with Gasteiger partial charge in [0, 0.05) is 17.8 Å². The Balaban J connectivity index is 0.00000324. The van der Waals surface area contributed by atoms with Crippen molar-refractivity contribution < 1.29 is 31.1 Å². The Morgan fingerprint density at radius 3 is 2.58 bits per heavy atom. The number of hydrogen-bond donors (Lipinski definition) is 0. The molecule has 0 aromatic carbocycles. The molecule has 0 fully saturated rings. The minimum absolute atomic E-state index is 0. The summed E-state index contributed by atoms with van der Waals surface area (Å²) in [5.74, 6) is 0.174. The van der Waals surface area contributed by atoms with Gasteiger partial charge in [0.25, 0.3) is 6.04 Å². The van der Waals surface area contributed by atoms with Gasteiger partial charge >= 0.3 is 5.97 Å². The van der Waals surface area contributed by atoms with Gasteiger partial charge in [0.15, 0.2) is 6.04 Å².